The first-order chi connectivity index (χ1) is 42.4. The molecular formula is C62H46Br20O9. The highest BCUT2D eigenvalue weighted by Crippen LogP contribution is 2.54. The Morgan fingerprint density at radius 3 is 0.615 bits per heavy atom. The third-order valence-electron chi connectivity index (χ3n) is 13.0. The van der Waals surface area contributed by atoms with Gasteiger partial charge in [-0.1, -0.05) is 116 Å². The van der Waals surface area contributed by atoms with Gasteiger partial charge in [-0.05, 0) is 350 Å². The molecule has 0 aliphatic carbocycles. The second kappa shape index (κ2) is 37.6. The normalized spacial score (nSPS) is 11.3. The second-order valence-corrected chi connectivity index (χ2v) is 36.6. The maximum Gasteiger partial charge on any atom is 0.150 e. The van der Waals surface area contributed by atoms with Crippen molar-refractivity contribution in [1.29, 1.82) is 0 Å². The number of halogens is 20. The molecule has 0 fully saturated rings. The van der Waals surface area contributed by atoms with Gasteiger partial charge in [-0.15, -0.1) is 0 Å². The van der Waals surface area contributed by atoms with Gasteiger partial charge in [0.15, 0.2) is 0 Å². The van der Waals surface area contributed by atoms with Crippen molar-refractivity contribution in [2.24, 2.45) is 0 Å². The summed E-state index contributed by atoms with van der Waals surface area (Å²) < 4.78 is 65.5. The van der Waals surface area contributed by atoms with Crippen molar-refractivity contribution in [1.82, 2.24) is 0 Å². The molecule has 9 nitrogen and oxygen atoms in total. The first-order valence-electron chi connectivity index (χ1n) is 26.0. The monoisotopic (exact) mass is 2510 g/mol. The van der Waals surface area contributed by atoms with E-state index >= 15 is 0 Å². The van der Waals surface area contributed by atoms with Crippen LogP contribution in [0.2, 0.25) is 0 Å². The van der Waals surface area contributed by atoms with Gasteiger partial charge in [-0.3, -0.25) is 0 Å². The molecule has 91 heavy (non-hydrogen) atoms. The summed E-state index contributed by atoms with van der Waals surface area (Å²) in [6.07, 6.45) is 0. The van der Waals surface area contributed by atoms with E-state index in [4.69, 9.17) is 37.9 Å². The minimum atomic E-state index is -0.383. The van der Waals surface area contributed by atoms with E-state index in [9.17, 15) is 0 Å². The molecule has 8 aromatic rings. The van der Waals surface area contributed by atoms with E-state index in [1.54, 1.807) is 0 Å². The first kappa shape index (κ1) is 81.7. The van der Waals surface area contributed by atoms with E-state index in [2.05, 4.69) is 371 Å². The van der Waals surface area contributed by atoms with E-state index in [1.807, 2.05) is 72.8 Å². The van der Waals surface area contributed by atoms with Crippen molar-refractivity contribution in [3.63, 3.8) is 0 Å². The predicted molar refractivity (Wildman–Crippen MR) is 437 cm³/mol. The average Bonchev–Trinajstić information content (AvgIpc) is 0.765. The van der Waals surface area contributed by atoms with Crippen LogP contribution in [0.5, 0.6) is 46.0 Å². The van der Waals surface area contributed by atoms with Crippen molar-refractivity contribution in [3.8, 4) is 46.0 Å². The number of rotatable bonds is 24. The van der Waals surface area contributed by atoms with E-state index in [-0.39, 0.29) is 16.3 Å². The van der Waals surface area contributed by atoms with Crippen LogP contribution in [0.1, 0.15) is 49.9 Å². The van der Waals surface area contributed by atoms with E-state index in [0.29, 0.717) is 75.9 Å². The Bertz CT molecular complexity index is 3490. The lowest BCUT2D eigenvalue weighted by Crippen LogP contribution is -2.21. The van der Waals surface area contributed by atoms with Gasteiger partial charge in [0.2, 0.25) is 0 Å². The molecule has 0 aliphatic rings. The maximum atomic E-state index is 6.18. The van der Waals surface area contributed by atoms with Crippen LogP contribution < -0.4 is 37.9 Å². The molecular weight excluding hydrogens is 2490 g/mol. The number of hydrogen-bond acceptors (Lipinski definition) is 8. The minimum absolute atomic E-state index is 0. The van der Waals surface area contributed by atoms with Crippen molar-refractivity contribution in [2.45, 2.75) is 38.5 Å². The van der Waals surface area contributed by atoms with Crippen molar-refractivity contribution in [2.75, 3.05) is 52.9 Å². The minimum Gasteiger partial charge on any atom is -0.490 e. The van der Waals surface area contributed by atoms with Crippen LogP contribution in [0, 0.1) is 0 Å². The fourth-order valence-corrected chi connectivity index (χ4v) is 25.2. The van der Waals surface area contributed by atoms with E-state index in [0.717, 1.165) is 135 Å². The highest BCUT2D eigenvalue weighted by atomic mass is 79.9. The van der Waals surface area contributed by atoms with Crippen molar-refractivity contribution in [3.05, 3.63) is 209 Å². The molecule has 0 aromatic heterocycles. The van der Waals surface area contributed by atoms with Crippen LogP contribution in [0.15, 0.2) is 187 Å². The van der Waals surface area contributed by atoms with Gasteiger partial charge in [-0.25, -0.2) is 0 Å². The van der Waals surface area contributed by atoms with Crippen molar-refractivity contribution >= 4 is 319 Å². The van der Waals surface area contributed by atoms with Gasteiger partial charge in [0.1, 0.15) is 98.9 Å². The van der Waals surface area contributed by atoms with Gasteiger partial charge >= 0.3 is 0 Å². The first-order valence-corrected chi connectivity index (χ1v) is 41.8. The van der Waals surface area contributed by atoms with Gasteiger partial charge in [0, 0.05) is 46.6 Å². The summed E-state index contributed by atoms with van der Waals surface area (Å²) in [5.41, 5.74) is 3.57. The molecule has 0 atom stereocenters. The van der Waals surface area contributed by atoms with E-state index in [1.165, 1.54) is 0 Å². The molecule has 0 aliphatic heterocycles. The highest BCUT2D eigenvalue weighted by Gasteiger charge is 2.34. The molecule has 0 unspecified atom stereocenters. The van der Waals surface area contributed by atoms with Crippen LogP contribution in [0.3, 0.4) is 0 Å². The van der Waals surface area contributed by atoms with E-state index < -0.39 is 0 Å². The number of benzene rings is 8. The molecule has 8 rings (SSSR count). The third kappa shape index (κ3) is 21.4. The maximum absolute atomic E-state index is 6.18. The summed E-state index contributed by atoms with van der Waals surface area (Å²) in [5, 5.41) is 0. The molecule has 0 saturated heterocycles. The Balaban J connectivity index is 0.000000286. The van der Waals surface area contributed by atoms with Gasteiger partial charge < -0.3 is 43.4 Å². The zero-order chi connectivity index (χ0) is 66.1. The average molecular weight is 2530 g/mol. The fourth-order valence-electron chi connectivity index (χ4n) is 8.65. The number of ether oxygens (including phenoxy) is 8. The molecule has 0 amide bonds. The van der Waals surface area contributed by atoms with Gasteiger partial charge in [-0.2, -0.15) is 0 Å². The molecule has 8 aromatic carbocycles. The van der Waals surface area contributed by atoms with Crippen LogP contribution in [-0.2, 0) is 10.8 Å². The topological polar surface area (TPSA) is 105 Å². The summed E-state index contributed by atoms with van der Waals surface area (Å²) in [5.74, 6) is 5.76. The molecule has 0 saturated carbocycles. The van der Waals surface area contributed by atoms with Gasteiger partial charge in [0.05, 0.1) is 53.7 Å². The lowest BCUT2D eigenvalue weighted by atomic mass is 9.78. The molecule has 0 bridgehead atoms. The third-order valence-corrected chi connectivity index (χ3v) is 27.9. The quantitative estimate of drug-likeness (QED) is 0.0435. The van der Waals surface area contributed by atoms with Crippen LogP contribution >= 0.6 is 319 Å². The highest BCUT2D eigenvalue weighted by molar-refractivity contribution is 9.15. The molecule has 488 valence electrons. The van der Waals surface area contributed by atoms with Gasteiger partial charge in [0.25, 0.3) is 0 Å². The zero-order valence-corrected chi connectivity index (χ0v) is 78.9. The Morgan fingerprint density at radius 2 is 0.418 bits per heavy atom. The molecule has 0 heterocycles. The molecule has 29 heteroatoms. The number of hydrogen-bond donors (Lipinski definition) is 0. The Labute approximate surface area is 697 Å². The Kier molecular flexibility index (Phi) is 33.7. The second-order valence-electron chi connectivity index (χ2n) is 19.8. The zero-order valence-electron chi connectivity index (χ0n) is 47.2. The van der Waals surface area contributed by atoms with Crippen LogP contribution in [-0.4, -0.2) is 58.3 Å². The predicted octanol–water partition coefficient (Wildman–Crippen LogP) is 28.3. The fraction of sp³-hybridized carbons (Fsp3) is 0.226. The molecule has 0 spiro atoms. The SMILES string of the molecule is CC(C)(c1ccc(OCCOc2c(Br)cc(Br)cc2Br)cc1)c1c(Br)c(Br)c(OCCOc2c(Br)cc(Br)cc2Br)c(Br)c1Br.CC(C)(c1ccc(OCCOc2c(Br)cc(Br)cc2Br)cc1)c1c(Br)c(Br)c(OCCOc2c(Br)cc(Br)cc2Br)c(Br)c1Br.O. The summed E-state index contributed by atoms with van der Waals surface area (Å²) in [6.45, 7) is 11.7. The Morgan fingerprint density at radius 1 is 0.242 bits per heavy atom. The summed E-state index contributed by atoms with van der Waals surface area (Å²) in [6, 6.07) is 31.7. The lowest BCUT2D eigenvalue weighted by molar-refractivity contribution is 0.213. The summed E-state index contributed by atoms with van der Waals surface area (Å²) in [7, 11) is 0. The van der Waals surface area contributed by atoms with Crippen LogP contribution in [0.4, 0.5) is 0 Å². The Hall–Kier alpha value is 1.72. The largest absolute Gasteiger partial charge is 0.490 e. The van der Waals surface area contributed by atoms with Crippen molar-refractivity contribution < 1.29 is 43.4 Å². The molecule has 2 N–H and O–H groups in total. The van der Waals surface area contributed by atoms with Crippen LogP contribution in [0.25, 0.3) is 0 Å². The molecule has 0 radical (unpaired) electrons. The standard InChI is InChI=1S/2C31H22Br10O4.H2O/c2*1-31(2,15-3-5-18(6-4-15)42-7-8-43-28-19(34)11-16(32)12-20(28)35)23-24(38)26(40)30(27(41)25(23)39)45-10-9-44-29-21(36)13-17(33)14-22(29)37;/h2*3-6,11-14H,7-10H2,1-2H3;1H2. The lowest BCUT2D eigenvalue weighted by Gasteiger charge is -2.30. The smallest absolute Gasteiger partial charge is 0.150 e. The summed E-state index contributed by atoms with van der Waals surface area (Å²) >= 11 is 72.6. The summed E-state index contributed by atoms with van der Waals surface area (Å²) in [4.78, 5) is 0.